The van der Waals surface area contributed by atoms with Crippen LogP contribution in [0.5, 0.6) is 11.5 Å². The van der Waals surface area contributed by atoms with Crippen molar-refractivity contribution in [3.05, 3.63) is 39.3 Å². The molecule has 0 saturated heterocycles. The van der Waals surface area contributed by atoms with Gasteiger partial charge < -0.3 is 25.8 Å². The minimum atomic E-state index is 0.506. The van der Waals surface area contributed by atoms with Gasteiger partial charge in [0.05, 0.1) is 77.5 Å². The number of aromatic nitrogens is 2. The SMILES string of the molecule is Cc1cc2c(s1)-c1sc3c4c(sc3c1NC2)-c1c(c2c(c3nsnc13)-c1sc3c5c(sc3c1CO2)-c1sc(N)cc1CN5)OC4. The number of hydrogen-bond acceptors (Lipinski definition) is 14. The first-order chi connectivity index (χ1) is 22.1. The summed E-state index contributed by atoms with van der Waals surface area (Å²) < 4.78 is 28.4. The van der Waals surface area contributed by atoms with Gasteiger partial charge in [-0.3, -0.25) is 0 Å². The molecule has 7 aromatic heterocycles. The van der Waals surface area contributed by atoms with E-state index in [4.69, 9.17) is 24.0 Å². The molecule has 8 aromatic rings. The molecule has 4 N–H and O–H groups in total. The van der Waals surface area contributed by atoms with E-state index in [1.807, 2.05) is 56.7 Å². The number of nitrogens with two attached hydrogens (primary N) is 1. The number of ether oxygens (including phenoxy) is 2. The Morgan fingerprint density at radius 3 is 1.78 bits per heavy atom. The topological polar surface area (TPSA) is 94.3 Å². The van der Waals surface area contributed by atoms with Crippen molar-refractivity contribution < 1.29 is 9.47 Å². The smallest absolute Gasteiger partial charge is 0.173 e. The summed E-state index contributed by atoms with van der Waals surface area (Å²) in [7, 11) is 0. The summed E-state index contributed by atoms with van der Waals surface area (Å²) in [6, 6.07) is 4.42. The highest BCUT2D eigenvalue weighted by Crippen LogP contribution is 2.63. The minimum Gasteiger partial charge on any atom is -0.484 e. The fourth-order valence-electron chi connectivity index (χ4n) is 7.24. The van der Waals surface area contributed by atoms with Crippen molar-refractivity contribution in [3.8, 4) is 51.9 Å². The number of hydrogen-bond donors (Lipinski definition) is 3. The zero-order valence-electron chi connectivity index (χ0n) is 23.1. The molecule has 0 radical (unpaired) electrons. The number of nitrogens with zero attached hydrogens (tertiary/aromatic N) is 2. The van der Waals surface area contributed by atoms with E-state index in [2.05, 4.69) is 29.7 Å². The first-order valence-corrected chi connectivity index (χ1v) is 19.9. The zero-order chi connectivity index (χ0) is 29.3. The van der Waals surface area contributed by atoms with E-state index in [1.165, 1.54) is 98.3 Å². The highest BCUT2D eigenvalue weighted by atomic mass is 32.1. The Balaban J connectivity index is 1.07. The van der Waals surface area contributed by atoms with Crippen LogP contribution in [-0.2, 0) is 26.3 Å². The predicted octanol–water partition coefficient (Wildman–Crippen LogP) is 10.6. The lowest BCUT2D eigenvalue weighted by molar-refractivity contribution is 0.255. The molecule has 220 valence electrons. The summed E-state index contributed by atoms with van der Waals surface area (Å²) >= 11 is 12.3. The van der Waals surface area contributed by atoms with E-state index >= 15 is 0 Å². The molecule has 0 atom stereocenters. The first-order valence-electron chi connectivity index (χ1n) is 14.3. The Hall–Kier alpha value is -3.24. The lowest BCUT2D eigenvalue weighted by Gasteiger charge is -2.26. The normalized spacial score (nSPS) is 15.2. The fourth-order valence-corrected chi connectivity index (χ4v) is 15.8. The second-order valence-electron chi connectivity index (χ2n) is 11.6. The number of rotatable bonds is 0. The number of aryl methyl sites for hydroxylation is 1. The van der Waals surface area contributed by atoms with Crippen LogP contribution in [0.1, 0.15) is 27.1 Å². The maximum absolute atomic E-state index is 6.69. The zero-order valence-corrected chi connectivity index (χ0v) is 28.8. The number of fused-ring (bicyclic) bond motifs is 22. The Kier molecular flexibility index (Phi) is 4.63. The van der Waals surface area contributed by atoms with Gasteiger partial charge in [0.15, 0.2) is 11.5 Å². The van der Waals surface area contributed by atoms with Crippen LogP contribution in [-0.4, -0.2) is 8.75 Å². The van der Waals surface area contributed by atoms with Crippen LogP contribution in [0.2, 0.25) is 0 Å². The monoisotopic (exact) mass is 715 g/mol. The highest BCUT2D eigenvalue weighted by Gasteiger charge is 2.39. The molecule has 45 heavy (non-hydrogen) atoms. The van der Waals surface area contributed by atoms with Gasteiger partial charge >= 0.3 is 0 Å². The van der Waals surface area contributed by atoms with Crippen LogP contribution in [0.25, 0.3) is 70.2 Å². The van der Waals surface area contributed by atoms with Crippen molar-refractivity contribution in [2.75, 3.05) is 16.4 Å². The largest absolute Gasteiger partial charge is 0.484 e. The summed E-state index contributed by atoms with van der Waals surface area (Å²) in [6.07, 6.45) is 0. The van der Waals surface area contributed by atoms with Crippen LogP contribution in [0.4, 0.5) is 16.4 Å². The molecule has 0 saturated carbocycles. The van der Waals surface area contributed by atoms with E-state index in [9.17, 15) is 0 Å². The third-order valence-corrected chi connectivity index (χ3v) is 17.4. The van der Waals surface area contributed by atoms with E-state index in [-0.39, 0.29) is 0 Å². The van der Waals surface area contributed by atoms with Gasteiger partial charge in [0.1, 0.15) is 24.2 Å². The summed E-state index contributed by atoms with van der Waals surface area (Å²) in [5.74, 6) is 1.62. The molecule has 7 nitrogen and oxygen atoms in total. The van der Waals surface area contributed by atoms with Crippen molar-refractivity contribution in [2.24, 2.45) is 0 Å². The van der Waals surface area contributed by atoms with E-state index in [0.29, 0.717) is 13.2 Å². The number of nitrogen functional groups attached to an aromatic ring is 1. The van der Waals surface area contributed by atoms with Gasteiger partial charge in [0, 0.05) is 38.8 Å². The molecular formula is C31H17N5O2S7. The summed E-state index contributed by atoms with van der Waals surface area (Å²) in [4.78, 5) is 9.18. The molecule has 0 unspecified atom stereocenters. The maximum atomic E-state index is 6.69. The third kappa shape index (κ3) is 3.00. The van der Waals surface area contributed by atoms with E-state index < -0.39 is 0 Å². The molecule has 1 aromatic carbocycles. The molecule has 0 aliphatic carbocycles. The molecule has 0 amide bonds. The number of nitrogens with one attached hydrogen (secondary N) is 2. The van der Waals surface area contributed by atoms with Gasteiger partial charge in [-0.1, -0.05) is 0 Å². The molecule has 0 spiro atoms. The minimum absolute atomic E-state index is 0.506. The highest BCUT2D eigenvalue weighted by molar-refractivity contribution is 7.35. The molecule has 4 aliphatic rings. The van der Waals surface area contributed by atoms with Gasteiger partial charge in [-0.25, -0.2) is 0 Å². The van der Waals surface area contributed by atoms with Gasteiger partial charge in [0.2, 0.25) is 0 Å². The maximum Gasteiger partial charge on any atom is 0.173 e. The van der Waals surface area contributed by atoms with Crippen LogP contribution < -0.4 is 25.8 Å². The second kappa shape index (κ2) is 8.37. The number of thiophene rings is 6. The van der Waals surface area contributed by atoms with Gasteiger partial charge in [-0.15, -0.1) is 68.0 Å². The third-order valence-electron chi connectivity index (χ3n) is 9.12. The van der Waals surface area contributed by atoms with Crippen molar-refractivity contribution >= 4 is 126 Å². The van der Waals surface area contributed by atoms with Crippen molar-refractivity contribution in [1.29, 1.82) is 0 Å². The second-order valence-corrected chi connectivity index (χ2v) is 18.6. The fraction of sp³-hybridized carbons (Fsp3) is 0.161. The summed E-state index contributed by atoms with van der Waals surface area (Å²) in [5, 5.41) is 8.31. The molecule has 11 heterocycles. The molecule has 12 rings (SSSR count). The quantitative estimate of drug-likeness (QED) is 0.144. The number of anilines is 3. The molecule has 0 fully saturated rings. The van der Waals surface area contributed by atoms with Crippen molar-refractivity contribution in [2.45, 2.75) is 33.2 Å². The standard InChI is InChI=1S/C31H17N5O2S7/c1-8-2-9-4-33-18-28(22(9)39-8)43-26-11-6-37-20-14(24(11)41-30(18)26)16-17(36-45-35-16)15-21(20)38-7-12-25(15)42-31-19-29(44-27(12)31)23-10(5-34-19)3-13(32)40-23/h2-3,33-34H,4-7,32H2,1H3. The summed E-state index contributed by atoms with van der Waals surface area (Å²) in [5.41, 5.74) is 17.7. The van der Waals surface area contributed by atoms with Crippen LogP contribution in [0.3, 0.4) is 0 Å². The van der Waals surface area contributed by atoms with Crippen LogP contribution in [0.15, 0.2) is 12.1 Å². The van der Waals surface area contributed by atoms with Gasteiger partial charge in [-0.2, -0.15) is 8.75 Å². The lowest BCUT2D eigenvalue weighted by atomic mass is 9.97. The van der Waals surface area contributed by atoms with E-state index in [0.717, 1.165) is 51.7 Å². The van der Waals surface area contributed by atoms with Gasteiger partial charge in [0.25, 0.3) is 0 Å². The molecule has 0 bridgehead atoms. The van der Waals surface area contributed by atoms with Gasteiger partial charge in [-0.05, 0) is 30.2 Å². The first kappa shape index (κ1) is 24.9. The molecular weight excluding hydrogens is 699 g/mol. The molecule has 4 aliphatic heterocycles. The predicted molar refractivity (Wildman–Crippen MR) is 194 cm³/mol. The Morgan fingerprint density at radius 1 is 0.644 bits per heavy atom. The Bertz CT molecular complexity index is 2480. The van der Waals surface area contributed by atoms with Crippen molar-refractivity contribution in [3.63, 3.8) is 0 Å². The van der Waals surface area contributed by atoms with E-state index in [1.54, 1.807) is 11.3 Å². The number of benzene rings is 1. The van der Waals surface area contributed by atoms with Crippen LogP contribution >= 0.6 is 79.7 Å². The average Bonchev–Trinajstić information content (AvgIpc) is 3.87. The van der Waals surface area contributed by atoms with Crippen molar-refractivity contribution in [1.82, 2.24) is 8.75 Å². The molecule has 14 heteroatoms. The summed E-state index contributed by atoms with van der Waals surface area (Å²) in [6.45, 7) is 4.90. The average molecular weight is 716 g/mol. The Labute approximate surface area is 282 Å². The lowest BCUT2D eigenvalue weighted by Crippen LogP contribution is -2.10. The Morgan fingerprint density at radius 2 is 1.18 bits per heavy atom. The van der Waals surface area contributed by atoms with Crippen LogP contribution in [0, 0.1) is 6.92 Å².